The van der Waals surface area contributed by atoms with E-state index in [4.69, 9.17) is 9.84 Å². The zero-order valence-electron chi connectivity index (χ0n) is 8.27. The molecular weight excluding hydrogens is 192 g/mol. The monoisotopic (exact) mass is 204 g/mol. The van der Waals surface area contributed by atoms with Crippen molar-refractivity contribution in [1.82, 2.24) is 0 Å². The molecule has 1 heterocycles. The molecule has 0 radical (unpaired) electrons. The summed E-state index contributed by atoms with van der Waals surface area (Å²) in [6.07, 6.45) is 1.60. The number of carboxylic acids is 1. The fraction of sp³-hybridized carbons (Fsp3) is 0.417. The molecule has 2 aliphatic rings. The molecule has 3 heteroatoms. The van der Waals surface area contributed by atoms with Gasteiger partial charge in [-0.2, -0.15) is 0 Å². The summed E-state index contributed by atoms with van der Waals surface area (Å²) in [5, 5.41) is 9.06. The first-order valence-electron chi connectivity index (χ1n) is 5.19. The van der Waals surface area contributed by atoms with Crippen LogP contribution in [0.1, 0.15) is 18.4 Å². The summed E-state index contributed by atoms with van der Waals surface area (Å²) < 4.78 is 5.53. The van der Waals surface area contributed by atoms with Gasteiger partial charge >= 0.3 is 5.97 Å². The highest BCUT2D eigenvalue weighted by atomic mass is 16.5. The predicted octanol–water partition coefficient (Wildman–Crippen LogP) is 1.81. The minimum Gasteiger partial charge on any atom is -0.493 e. The van der Waals surface area contributed by atoms with Crippen molar-refractivity contribution < 1.29 is 14.6 Å². The number of benzene rings is 1. The molecule has 0 bridgehead atoms. The fourth-order valence-corrected chi connectivity index (χ4v) is 2.68. The minimum atomic E-state index is -0.674. The lowest BCUT2D eigenvalue weighted by Gasteiger charge is -2.26. The third kappa shape index (κ3) is 1.09. The Labute approximate surface area is 87.7 Å². The van der Waals surface area contributed by atoms with E-state index in [0.29, 0.717) is 6.61 Å². The van der Waals surface area contributed by atoms with Gasteiger partial charge < -0.3 is 9.84 Å². The van der Waals surface area contributed by atoms with E-state index < -0.39 is 5.97 Å². The quantitative estimate of drug-likeness (QED) is 0.758. The lowest BCUT2D eigenvalue weighted by Crippen LogP contribution is -2.23. The van der Waals surface area contributed by atoms with Crippen LogP contribution in [-0.4, -0.2) is 17.7 Å². The van der Waals surface area contributed by atoms with Gasteiger partial charge in [-0.3, -0.25) is 4.79 Å². The summed E-state index contributed by atoms with van der Waals surface area (Å²) in [5.41, 5.74) is 0.962. The summed E-state index contributed by atoms with van der Waals surface area (Å²) >= 11 is 0. The van der Waals surface area contributed by atoms with Crippen molar-refractivity contribution in [2.24, 2.45) is 5.92 Å². The van der Waals surface area contributed by atoms with Gasteiger partial charge in [-0.25, -0.2) is 0 Å². The number of ether oxygens (including phenoxy) is 1. The van der Waals surface area contributed by atoms with Crippen LogP contribution in [0.5, 0.6) is 5.75 Å². The number of para-hydroxylation sites is 1. The molecule has 1 aliphatic carbocycles. The minimum absolute atomic E-state index is 0.124. The Bertz CT molecular complexity index is 427. The summed E-state index contributed by atoms with van der Waals surface area (Å²) in [5.74, 6) is -0.0123. The smallest absolute Gasteiger partial charge is 0.307 e. The second kappa shape index (κ2) is 2.75. The molecule has 2 atom stereocenters. The highest BCUT2D eigenvalue weighted by Gasteiger charge is 2.61. The molecule has 1 spiro atoms. The molecule has 3 nitrogen and oxygen atoms in total. The van der Waals surface area contributed by atoms with Crippen molar-refractivity contribution in [1.29, 1.82) is 0 Å². The van der Waals surface area contributed by atoms with Crippen molar-refractivity contribution >= 4 is 5.97 Å². The first-order valence-corrected chi connectivity index (χ1v) is 5.19. The second-order valence-corrected chi connectivity index (χ2v) is 4.35. The third-order valence-electron chi connectivity index (χ3n) is 3.60. The Morgan fingerprint density at radius 1 is 1.47 bits per heavy atom. The van der Waals surface area contributed by atoms with E-state index in [1.165, 1.54) is 0 Å². The SMILES string of the molecule is O=C(O)[C@@H]1C[C@]12CCOc1ccccc12. The van der Waals surface area contributed by atoms with Gasteiger partial charge in [0.1, 0.15) is 5.75 Å². The van der Waals surface area contributed by atoms with Crippen molar-refractivity contribution in [3.05, 3.63) is 29.8 Å². The topological polar surface area (TPSA) is 46.5 Å². The van der Waals surface area contributed by atoms with Gasteiger partial charge in [-0.05, 0) is 18.9 Å². The van der Waals surface area contributed by atoms with E-state index in [2.05, 4.69) is 0 Å². The van der Waals surface area contributed by atoms with Crippen LogP contribution in [0.15, 0.2) is 24.3 Å². The Balaban J connectivity index is 2.05. The largest absolute Gasteiger partial charge is 0.493 e. The first-order chi connectivity index (χ1) is 7.24. The molecular formula is C12H12O3. The van der Waals surface area contributed by atoms with Crippen LogP contribution < -0.4 is 4.74 Å². The average Bonchev–Trinajstić information content (AvgIpc) is 2.95. The molecule has 1 saturated carbocycles. The summed E-state index contributed by atoms with van der Waals surface area (Å²) in [7, 11) is 0. The van der Waals surface area contributed by atoms with Crippen molar-refractivity contribution in [3.8, 4) is 5.75 Å². The summed E-state index contributed by atoms with van der Waals surface area (Å²) in [6, 6.07) is 7.80. The lowest BCUT2D eigenvalue weighted by atomic mass is 9.87. The molecule has 1 aromatic carbocycles. The summed E-state index contributed by atoms with van der Waals surface area (Å²) in [4.78, 5) is 11.0. The molecule has 78 valence electrons. The van der Waals surface area contributed by atoms with Crippen LogP contribution in [0.3, 0.4) is 0 Å². The van der Waals surface area contributed by atoms with Crippen molar-refractivity contribution in [3.63, 3.8) is 0 Å². The van der Waals surface area contributed by atoms with Gasteiger partial charge in [-0.1, -0.05) is 18.2 Å². The molecule has 15 heavy (non-hydrogen) atoms. The average molecular weight is 204 g/mol. The van der Waals surface area contributed by atoms with E-state index in [0.717, 1.165) is 24.2 Å². The standard InChI is InChI=1S/C12H12O3/c13-11(14)9-7-12(9)5-6-15-10-4-2-1-3-8(10)12/h1-4,9H,5-7H2,(H,13,14)/t9-,12-/m0/s1. The van der Waals surface area contributed by atoms with E-state index in [9.17, 15) is 4.79 Å². The van der Waals surface area contributed by atoms with E-state index in [-0.39, 0.29) is 11.3 Å². The molecule has 0 saturated heterocycles. The number of carbonyl (C=O) groups is 1. The number of aliphatic carboxylic acids is 1. The molecule has 1 aliphatic heterocycles. The number of carboxylic acid groups (broad SMARTS) is 1. The van der Waals surface area contributed by atoms with Gasteiger partial charge in [0.25, 0.3) is 0 Å². The van der Waals surface area contributed by atoms with Crippen LogP contribution in [0.25, 0.3) is 0 Å². The van der Waals surface area contributed by atoms with Crippen LogP contribution in [0, 0.1) is 5.92 Å². The summed E-state index contributed by atoms with van der Waals surface area (Å²) in [6.45, 7) is 0.640. The van der Waals surface area contributed by atoms with Gasteiger partial charge in [0.2, 0.25) is 0 Å². The zero-order chi connectivity index (χ0) is 10.5. The third-order valence-corrected chi connectivity index (χ3v) is 3.60. The Morgan fingerprint density at radius 3 is 3.00 bits per heavy atom. The van der Waals surface area contributed by atoms with Crippen LogP contribution >= 0.6 is 0 Å². The molecule has 1 N–H and O–H groups in total. The van der Waals surface area contributed by atoms with Crippen LogP contribution in [-0.2, 0) is 10.2 Å². The van der Waals surface area contributed by atoms with Crippen molar-refractivity contribution in [2.45, 2.75) is 18.3 Å². The maximum absolute atomic E-state index is 11.0. The molecule has 0 aromatic heterocycles. The van der Waals surface area contributed by atoms with Gasteiger partial charge in [0.15, 0.2) is 0 Å². The molecule has 1 fully saturated rings. The molecule has 0 amide bonds. The highest BCUT2D eigenvalue weighted by Crippen LogP contribution is 2.60. The van der Waals surface area contributed by atoms with E-state index in [1.54, 1.807) is 0 Å². The predicted molar refractivity (Wildman–Crippen MR) is 54.0 cm³/mol. The van der Waals surface area contributed by atoms with E-state index in [1.807, 2.05) is 24.3 Å². The van der Waals surface area contributed by atoms with E-state index >= 15 is 0 Å². The normalized spacial score (nSPS) is 31.9. The van der Waals surface area contributed by atoms with Crippen LogP contribution in [0.2, 0.25) is 0 Å². The lowest BCUT2D eigenvalue weighted by molar-refractivity contribution is -0.139. The van der Waals surface area contributed by atoms with Crippen LogP contribution in [0.4, 0.5) is 0 Å². The van der Waals surface area contributed by atoms with Gasteiger partial charge in [0.05, 0.1) is 12.5 Å². The Morgan fingerprint density at radius 2 is 2.27 bits per heavy atom. The zero-order valence-corrected chi connectivity index (χ0v) is 8.27. The molecule has 3 rings (SSSR count). The maximum atomic E-state index is 11.0. The number of fused-ring (bicyclic) bond motifs is 2. The molecule has 0 unspecified atom stereocenters. The van der Waals surface area contributed by atoms with Crippen molar-refractivity contribution in [2.75, 3.05) is 6.61 Å². The highest BCUT2D eigenvalue weighted by molar-refractivity contribution is 5.78. The number of hydrogen-bond donors (Lipinski definition) is 1. The van der Waals surface area contributed by atoms with Gasteiger partial charge in [-0.15, -0.1) is 0 Å². The number of hydrogen-bond acceptors (Lipinski definition) is 2. The number of rotatable bonds is 1. The Hall–Kier alpha value is -1.51. The Kier molecular flexibility index (Phi) is 1.61. The van der Waals surface area contributed by atoms with Gasteiger partial charge in [0, 0.05) is 11.0 Å². The second-order valence-electron chi connectivity index (χ2n) is 4.35. The first kappa shape index (κ1) is 8.77. The maximum Gasteiger partial charge on any atom is 0.307 e. The fourth-order valence-electron chi connectivity index (χ4n) is 2.68. The molecule has 1 aromatic rings.